The summed E-state index contributed by atoms with van der Waals surface area (Å²) in [4.78, 5) is 0. The molecule has 0 spiro atoms. The van der Waals surface area contributed by atoms with Crippen LogP contribution in [0.3, 0.4) is 0 Å². The van der Waals surface area contributed by atoms with Gasteiger partial charge in [0.1, 0.15) is 5.82 Å². The maximum absolute atomic E-state index is 13.5. The Balaban J connectivity index is 0.00000256. The van der Waals surface area contributed by atoms with E-state index in [1.54, 1.807) is 12.1 Å². The van der Waals surface area contributed by atoms with Crippen LogP contribution in [0.2, 0.25) is 0 Å². The summed E-state index contributed by atoms with van der Waals surface area (Å²) < 4.78 is 13.5. The molecule has 1 rings (SSSR count). The summed E-state index contributed by atoms with van der Waals surface area (Å²) in [5.74, 6) is 0.113. The number of hydrogen-bond acceptors (Lipinski definition) is 2. The third kappa shape index (κ3) is 4.62. The van der Waals surface area contributed by atoms with Crippen LogP contribution in [0.5, 0.6) is 0 Å². The first-order chi connectivity index (χ1) is 7.56. The second-order valence-electron chi connectivity index (χ2n) is 4.44. The predicted molar refractivity (Wildman–Crippen MR) is 70.9 cm³/mol. The standard InChI is InChI=1S/C13H20FNO.ClH/c1-9(2)13(8-16)15-10(3)11-6-4-5-7-12(11)14;/h4-7,9-10,13,15-16H,8H2,1-3H3;1H/t10?,13-;/m1./s1. The van der Waals surface area contributed by atoms with Gasteiger partial charge in [0.05, 0.1) is 6.61 Å². The minimum atomic E-state index is -0.206. The number of halogens is 2. The van der Waals surface area contributed by atoms with Gasteiger partial charge in [0.25, 0.3) is 0 Å². The van der Waals surface area contributed by atoms with Crippen LogP contribution in [0.25, 0.3) is 0 Å². The molecule has 2 N–H and O–H groups in total. The van der Waals surface area contributed by atoms with Crippen LogP contribution in [-0.4, -0.2) is 17.8 Å². The Labute approximate surface area is 109 Å². The lowest BCUT2D eigenvalue weighted by atomic mass is 10.0. The van der Waals surface area contributed by atoms with Gasteiger partial charge in [-0.05, 0) is 18.9 Å². The fourth-order valence-corrected chi connectivity index (χ4v) is 1.69. The maximum atomic E-state index is 13.5. The molecule has 0 aliphatic rings. The normalized spacial score (nSPS) is 14.2. The van der Waals surface area contributed by atoms with Gasteiger partial charge < -0.3 is 10.4 Å². The monoisotopic (exact) mass is 261 g/mol. The van der Waals surface area contributed by atoms with Crippen LogP contribution in [0, 0.1) is 11.7 Å². The van der Waals surface area contributed by atoms with Gasteiger partial charge in [-0.3, -0.25) is 0 Å². The molecular formula is C13H21ClFNO. The average Bonchev–Trinajstić information content (AvgIpc) is 2.25. The van der Waals surface area contributed by atoms with Crippen molar-refractivity contribution in [2.45, 2.75) is 32.9 Å². The van der Waals surface area contributed by atoms with E-state index in [1.807, 2.05) is 26.8 Å². The zero-order valence-electron chi connectivity index (χ0n) is 10.5. The first-order valence-corrected chi connectivity index (χ1v) is 5.67. The van der Waals surface area contributed by atoms with Gasteiger partial charge in [0, 0.05) is 17.6 Å². The highest BCUT2D eigenvalue weighted by Crippen LogP contribution is 2.17. The largest absolute Gasteiger partial charge is 0.395 e. The van der Waals surface area contributed by atoms with Crippen molar-refractivity contribution in [2.24, 2.45) is 5.92 Å². The van der Waals surface area contributed by atoms with Gasteiger partial charge in [-0.2, -0.15) is 0 Å². The molecule has 17 heavy (non-hydrogen) atoms. The van der Waals surface area contributed by atoms with Crippen molar-refractivity contribution in [3.05, 3.63) is 35.6 Å². The van der Waals surface area contributed by atoms with Crippen molar-refractivity contribution in [3.8, 4) is 0 Å². The first kappa shape index (κ1) is 16.4. The van der Waals surface area contributed by atoms with Crippen LogP contribution in [0.4, 0.5) is 4.39 Å². The molecule has 0 aromatic heterocycles. The van der Waals surface area contributed by atoms with Crippen molar-refractivity contribution in [1.29, 1.82) is 0 Å². The van der Waals surface area contributed by atoms with E-state index in [-0.39, 0.29) is 36.9 Å². The Bertz CT molecular complexity index is 333. The highest BCUT2D eigenvalue weighted by atomic mass is 35.5. The third-order valence-electron chi connectivity index (χ3n) is 2.84. The number of aliphatic hydroxyl groups is 1. The van der Waals surface area contributed by atoms with Crippen molar-refractivity contribution in [2.75, 3.05) is 6.61 Å². The van der Waals surface area contributed by atoms with Gasteiger partial charge in [-0.15, -0.1) is 12.4 Å². The molecular weight excluding hydrogens is 241 g/mol. The molecule has 0 amide bonds. The van der Waals surface area contributed by atoms with Crippen LogP contribution >= 0.6 is 12.4 Å². The zero-order chi connectivity index (χ0) is 12.1. The smallest absolute Gasteiger partial charge is 0.127 e. The molecule has 0 heterocycles. The highest BCUT2D eigenvalue weighted by Gasteiger charge is 2.17. The summed E-state index contributed by atoms with van der Waals surface area (Å²) in [7, 11) is 0. The highest BCUT2D eigenvalue weighted by molar-refractivity contribution is 5.85. The van der Waals surface area contributed by atoms with Gasteiger partial charge >= 0.3 is 0 Å². The minimum Gasteiger partial charge on any atom is -0.395 e. The van der Waals surface area contributed by atoms with Crippen molar-refractivity contribution in [1.82, 2.24) is 5.32 Å². The van der Waals surface area contributed by atoms with Crippen LogP contribution in [0.15, 0.2) is 24.3 Å². The molecule has 0 saturated carbocycles. The van der Waals surface area contributed by atoms with Gasteiger partial charge in [0.2, 0.25) is 0 Å². The molecule has 0 saturated heterocycles. The Morgan fingerprint density at radius 1 is 1.24 bits per heavy atom. The Kier molecular flexibility index (Phi) is 7.35. The van der Waals surface area contributed by atoms with Crippen molar-refractivity contribution < 1.29 is 9.50 Å². The van der Waals surface area contributed by atoms with E-state index in [0.29, 0.717) is 11.5 Å². The average molecular weight is 262 g/mol. The lowest BCUT2D eigenvalue weighted by Crippen LogP contribution is -2.38. The predicted octanol–water partition coefficient (Wildman–Crippen LogP) is 2.92. The SMILES string of the molecule is CC(N[C@H](CO)C(C)C)c1ccccc1F.Cl. The third-order valence-corrected chi connectivity index (χ3v) is 2.84. The number of benzene rings is 1. The van der Waals surface area contributed by atoms with E-state index in [2.05, 4.69) is 5.32 Å². The van der Waals surface area contributed by atoms with E-state index in [9.17, 15) is 9.50 Å². The number of rotatable bonds is 5. The Hall–Kier alpha value is -0.640. The van der Waals surface area contributed by atoms with E-state index in [4.69, 9.17) is 0 Å². The van der Waals surface area contributed by atoms with E-state index in [1.165, 1.54) is 6.07 Å². The molecule has 1 aromatic rings. The molecule has 0 radical (unpaired) electrons. The van der Waals surface area contributed by atoms with Crippen LogP contribution in [-0.2, 0) is 0 Å². The topological polar surface area (TPSA) is 32.3 Å². The minimum absolute atomic E-state index is 0. The zero-order valence-corrected chi connectivity index (χ0v) is 11.3. The number of nitrogens with one attached hydrogen (secondary N) is 1. The van der Waals surface area contributed by atoms with E-state index >= 15 is 0 Å². The summed E-state index contributed by atoms with van der Waals surface area (Å²) in [5, 5.41) is 12.4. The maximum Gasteiger partial charge on any atom is 0.127 e. The molecule has 1 unspecified atom stereocenters. The molecule has 2 nitrogen and oxygen atoms in total. The molecule has 98 valence electrons. The van der Waals surface area contributed by atoms with Crippen LogP contribution in [0.1, 0.15) is 32.4 Å². The summed E-state index contributed by atoms with van der Waals surface area (Å²) in [5.41, 5.74) is 0.640. The van der Waals surface area contributed by atoms with E-state index < -0.39 is 0 Å². The summed E-state index contributed by atoms with van der Waals surface area (Å²) >= 11 is 0. The lowest BCUT2D eigenvalue weighted by Gasteiger charge is -2.25. The quantitative estimate of drug-likeness (QED) is 0.854. The fourth-order valence-electron chi connectivity index (χ4n) is 1.69. The molecule has 0 bridgehead atoms. The molecule has 1 aromatic carbocycles. The van der Waals surface area contributed by atoms with Crippen molar-refractivity contribution >= 4 is 12.4 Å². The summed E-state index contributed by atoms with van der Waals surface area (Å²) in [6.07, 6.45) is 0. The van der Waals surface area contributed by atoms with E-state index in [0.717, 1.165) is 0 Å². The van der Waals surface area contributed by atoms with Gasteiger partial charge in [-0.25, -0.2) is 4.39 Å². The molecule has 0 fully saturated rings. The van der Waals surface area contributed by atoms with Gasteiger partial charge in [0.15, 0.2) is 0 Å². The summed E-state index contributed by atoms with van der Waals surface area (Å²) in [6, 6.07) is 6.62. The number of aliphatic hydroxyl groups excluding tert-OH is 1. The van der Waals surface area contributed by atoms with Crippen LogP contribution < -0.4 is 5.32 Å². The number of hydrogen-bond donors (Lipinski definition) is 2. The van der Waals surface area contributed by atoms with Gasteiger partial charge in [-0.1, -0.05) is 32.0 Å². The lowest BCUT2D eigenvalue weighted by molar-refractivity contribution is 0.200. The fraction of sp³-hybridized carbons (Fsp3) is 0.538. The Morgan fingerprint density at radius 2 is 1.82 bits per heavy atom. The first-order valence-electron chi connectivity index (χ1n) is 5.67. The summed E-state index contributed by atoms with van der Waals surface area (Å²) in [6.45, 7) is 6.03. The molecule has 4 heteroatoms. The molecule has 0 aliphatic heterocycles. The Morgan fingerprint density at radius 3 is 2.29 bits per heavy atom. The second kappa shape index (κ2) is 7.64. The van der Waals surface area contributed by atoms with Crippen molar-refractivity contribution in [3.63, 3.8) is 0 Å². The molecule has 0 aliphatic carbocycles. The second-order valence-corrected chi connectivity index (χ2v) is 4.44. The molecule has 2 atom stereocenters.